The number of ether oxygens (including phenoxy) is 2. The second-order valence-electron chi connectivity index (χ2n) is 4.61. The Morgan fingerprint density at radius 1 is 1.47 bits per heavy atom. The van der Waals surface area contributed by atoms with Crippen LogP contribution in [0.2, 0.25) is 0 Å². The molecule has 1 aliphatic heterocycles. The van der Waals surface area contributed by atoms with E-state index in [1.807, 2.05) is 23.7 Å². The van der Waals surface area contributed by atoms with E-state index < -0.39 is 0 Å². The van der Waals surface area contributed by atoms with Crippen LogP contribution in [0.15, 0.2) is 17.0 Å². The zero-order valence-corrected chi connectivity index (χ0v) is 12.4. The Bertz CT molecular complexity index is 579. The summed E-state index contributed by atoms with van der Waals surface area (Å²) in [5, 5.41) is 0. The summed E-state index contributed by atoms with van der Waals surface area (Å²) >= 11 is 3.39. The van der Waals surface area contributed by atoms with Gasteiger partial charge in [0.15, 0.2) is 0 Å². The molecule has 6 heteroatoms. The molecule has 3 rings (SSSR count). The zero-order valence-electron chi connectivity index (χ0n) is 10.8. The number of rotatable bonds is 3. The Balaban J connectivity index is 2.01. The van der Waals surface area contributed by atoms with E-state index in [0.717, 1.165) is 42.0 Å². The van der Waals surface area contributed by atoms with Gasteiger partial charge in [-0.25, -0.2) is 9.97 Å². The first-order chi connectivity index (χ1) is 9.28. The standard InChI is InChI=1S/C13H16BrN3O2/c1-2-19-13-12-15-10(9-4-3-5-18-8-9)6-17(12)7-11(14)16-13/h6-7,9H,2-5,8H2,1H3. The Labute approximate surface area is 120 Å². The molecule has 19 heavy (non-hydrogen) atoms. The average molecular weight is 326 g/mol. The molecule has 1 aliphatic rings. The third-order valence-electron chi connectivity index (χ3n) is 3.26. The molecule has 0 amide bonds. The van der Waals surface area contributed by atoms with E-state index in [4.69, 9.17) is 9.47 Å². The van der Waals surface area contributed by atoms with Crippen LogP contribution in [0.4, 0.5) is 0 Å². The van der Waals surface area contributed by atoms with Crippen molar-refractivity contribution >= 4 is 21.6 Å². The van der Waals surface area contributed by atoms with E-state index in [9.17, 15) is 0 Å². The Kier molecular flexibility index (Phi) is 3.70. The van der Waals surface area contributed by atoms with Gasteiger partial charge in [-0.3, -0.25) is 4.40 Å². The van der Waals surface area contributed by atoms with Crippen molar-refractivity contribution in [3.8, 4) is 5.88 Å². The number of imidazole rings is 1. The van der Waals surface area contributed by atoms with Crippen LogP contribution in [-0.4, -0.2) is 34.2 Å². The lowest BCUT2D eigenvalue weighted by molar-refractivity contribution is 0.0794. The second-order valence-corrected chi connectivity index (χ2v) is 5.42. The lowest BCUT2D eigenvalue weighted by Gasteiger charge is -2.19. The number of halogens is 1. The molecule has 1 unspecified atom stereocenters. The van der Waals surface area contributed by atoms with Crippen LogP contribution >= 0.6 is 15.9 Å². The average Bonchev–Trinajstić information content (AvgIpc) is 2.84. The third kappa shape index (κ3) is 2.60. The summed E-state index contributed by atoms with van der Waals surface area (Å²) in [6.45, 7) is 4.13. The minimum atomic E-state index is 0.377. The molecular weight excluding hydrogens is 310 g/mol. The van der Waals surface area contributed by atoms with Crippen molar-refractivity contribution in [1.29, 1.82) is 0 Å². The van der Waals surface area contributed by atoms with E-state index in [2.05, 4.69) is 25.9 Å². The van der Waals surface area contributed by atoms with E-state index in [-0.39, 0.29) is 0 Å². The van der Waals surface area contributed by atoms with Gasteiger partial charge in [-0.05, 0) is 35.7 Å². The number of nitrogens with zero attached hydrogens (tertiary/aromatic N) is 3. The van der Waals surface area contributed by atoms with Crippen LogP contribution in [0.25, 0.3) is 5.65 Å². The highest BCUT2D eigenvalue weighted by molar-refractivity contribution is 9.10. The maximum Gasteiger partial charge on any atom is 0.259 e. The SMILES string of the molecule is CCOc1nc(Br)cn2cc(C3CCCOC3)nc12. The van der Waals surface area contributed by atoms with Crippen molar-refractivity contribution < 1.29 is 9.47 Å². The first-order valence-corrected chi connectivity index (χ1v) is 7.33. The predicted molar refractivity (Wildman–Crippen MR) is 74.7 cm³/mol. The predicted octanol–water partition coefficient (Wildman–Crippen LogP) is 2.78. The smallest absolute Gasteiger partial charge is 0.259 e. The highest BCUT2D eigenvalue weighted by Crippen LogP contribution is 2.27. The molecule has 0 N–H and O–H groups in total. The van der Waals surface area contributed by atoms with Gasteiger partial charge in [0.2, 0.25) is 5.65 Å². The van der Waals surface area contributed by atoms with Crippen molar-refractivity contribution in [1.82, 2.24) is 14.4 Å². The van der Waals surface area contributed by atoms with E-state index in [0.29, 0.717) is 18.4 Å². The van der Waals surface area contributed by atoms with Crippen LogP contribution in [0.5, 0.6) is 5.88 Å². The first-order valence-electron chi connectivity index (χ1n) is 6.53. The Morgan fingerprint density at radius 3 is 3.11 bits per heavy atom. The Morgan fingerprint density at radius 2 is 2.37 bits per heavy atom. The van der Waals surface area contributed by atoms with Crippen molar-refractivity contribution in [3.63, 3.8) is 0 Å². The van der Waals surface area contributed by atoms with Crippen molar-refractivity contribution in [2.75, 3.05) is 19.8 Å². The summed E-state index contributed by atoms with van der Waals surface area (Å²) in [6.07, 6.45) is 6.17. The molecule has 0 bridgehead atoms. The van der Waals surface area contributed by atoms with Gasteiger partial charge in [-0.1, -0.05) is 0 Å². The van der Waals surface area contributed by atoms with Gasteiger partial charge in [0.1, 0.15) is 4.60 Å². The number of fused-ring (bicyclic) bond motifs is 1. The topological polar surface area (TPSA) is 48.7 Å². The lowest BCUT2D eigenvalue weighted by atomic mass is 9.99. The minimum absolute atomic E-state index is 0.377. The van der Waals surface area contributed by atoms with Crippen LogP contribution < -0.4 is 4.74 Å². The molecular formula is C13H16BrN3O2. The summed E-state index contributed by atoms with van der Waals surface area (Å²) in [7, 11) is 0. The molecule has 1 saturated heterocycles. The molecule has 5 nitrogen and oxygen atoms in total. The number of aromatic nitrogens is 3. The van der Waals surface area contributed by atoms with Crippen LogP contribution in [0, 0.1) is 0 Å². The van der Waals surface area contributed by atoms with Crippen molar-refractivity contribution in [3.05, 3.63) is 22.7 Å². The third-order valence-corrected chi connectivity index (χ3v) is 3.64. The van der Waals surface area contributed by atoms with Gasteiger partial charge < -0.3 is 9.47 Å². The van der Waals surface area contributed by atoms with E-state index in [1.165, 1.54) is 0 Å². The molecule has 2 aromatic heterocycles. The normalized spacial score (nSPS) is 19.8. The summed E-state index contributed by atoms with van der Waals surface area (Å²) in [4.78, 5) is 9.00. The summed E-state index contributed by atoms with van der Waals surface area (Å²) < 4.78 is 13.8. The quantitative estimate of drug-likeness (QED) is 0.870. The monoisotopic (exact) mass is 325 g/mol. The number of hydrogen-bond donors (Lipinski definition) is 0. The molecule has 2 aromatic rings. The van der Waals surface area contributed by atoms with Gasteiger partial charge in [0, 0.05) is 24.9 Å². The summed E-state index contributed by atoms with van der Waals surface area (Å²) in [5.74, 6) is 0.946. The van der Waals surface area contributed by atoms with Gasteiger partial charge >= 0.3 is 0 Å². The highest BCUT2D eigenvalue weighted by Gasteiger charge is 2.20. The van der Waals surface area contributed by atoms with Gasteiger partial charge in [0.25, 0.3) is 5.88 Å². The van der Waals surface area contributed by atoms with E-state index >= 15 is 0 Å². The molecule has 0 spiro atoms. The lowest BCUT2D eigenvalue weighted by Crippen LogP contribution is -2.15. The molecule has 0 radical (unpaired) electrons. The first kappa shape index (κ1) is 12.9. The van der Waals surface area contributed by atoms with Gasteiger partial charge in [0.05, 0.1) is 18.9 Å². The molecule has 0 saturated carbocycles. The van der Waals surface area contributed by atoms with Crippen molar-refractivity contribution in [2.45, 2.75) is 25.7 Å². The fourth-order valence-electron chi connectivity index (χ4n) is 2.36. The Hall–Kier alpha value is -1.14. The zero-order chi connectivity index (χ0) is 13.2. The maximum atomic E-state index is 5.54. The molecule has 0 aromatic carbocycles. The van der Waals surface area contributed by atoms with E-state index in [1.54, 1.807) is 0 Å². The van der Waals surface area contributed by atoms with Gasteiger partial charge in [-0.2, -0.15) is 0 Å². The minimum Gasteiger partial charge on any atom is -0.475 e. The molecule has 3 heterocycles. The molecule has 0 aliphatic carbocycles. The van der Waals surface area contributed by atoms with Crippen molar-refractivity contribution in [2.24, 2.45) is 0 Å². The maximum absolute atomic E-state index is 5.54. The summed E-state index contributed by atoms with van der Waals surface area (Å²) in [5.41, 5.74) is 1.83. The fraction of sp³-hybridized carbons (Fsp3) is 0.538. The molecule has 1 fully saturated rings. The largest absolute Gasteiger partial charge is 0.475 e. The second kappa shape index (κ2) is 5.46. The number of hydrogen-bond acceptors (Lipinski definition) is 4. The fourth-order valence-corrected chi connectivity index (χ4v) is 2.75. The van der Waals surface area contributed by atoms with Crippen LogP contribution in [0.1, 0.15) is 31.4 Å². The van der Waals surface area contributed by atoms with Crippen LogP contribution in [0.3, 0.4) is 0 Å². The van der Waals surface area contributed by atoms with Crippen LogP contribution in [-0.2, 0) is 4.74 Å². The highest BCUT2D eigenvalue weighted by atomic mass is 79.9. The molecule has 1 atom stereocenters. The molecule has 102 valence electrons. The summed E-state index contributed by atoms with van der Waals surface area (Å²) in [6, 6.07) is 0. The van der Waals surface area contributed by atoms with Gasteiger partial charge in [-0.15, -0.1) is 0 Å².